The minimum atomic E-state index is 0.239. The number of ether oxygens (including phenoxy) is 1. The van der Waals surface area contributed by atoms with E-state index in [1.54, 1.807) is 0 Å². The van der Waals surface area contributed by atoms with Gasteiger partial charge in [-0.05, 0) is 37.8 Å². The Labute approximate surface area is 136 Å². The molecule has 2 bridgehead atoms. The molecule has 2 saturated heterocycles. The number of rotatable bonds is 3. The average molecular weight is 305 g/mol. The van der Waals surface area contributed by atoms with Crippen LogP contribution in [0.5, 0.6) is 5.88 Å². The number of hydrogen-bond donors (Lipinski definition) is 1. The first-order valence-electron chi connectivity index (χ1n) is 8.21. The maximum atomic E-state index is 9.26. The van der Waals surface area contributed by atoms with Gasteiger partial charge in [0.2, 0.25) is 5.88 Å². The second-order valence-electron chi connectivity index (χ2n) is 6.37. The van der Waals surface area contributed by atoms with Crippen LogP contribution in [0, 0.1) is 11.3 Å². The number of nitrogens with zero attached hydrogens (tertiary/aromatic N) is 2. The zero-order valence-corrected chi connectivity index (χ0v) is 12.9. The van der Waals surface area contributed by atoms with Gasteiger partial charge in [-0.3, -0.25) is 0 Å². The molecule has 0 saturated carbocycles. The van der Waals surface area contributed by atoms with Crippen molar-refractivity contribution < 1.29 is 4.74 Å². The van der Waals surface area contributed by atoms with Crippen LogP contribution in [-0.2, 0) is 0 Å². The van der Waals surface area contributed by atoms with Crippen LogP contribution in [0.15, 0.2) is 42.5 Å². The summed E-state index contributed by atoms with van der Waals surface area (Å²) in [6, 6.07) is 16.7. The van der Waals surface area contributed by atoms with Crippen molar-refractivity contribution in [2.24, 2.45) is 0 Å². The molecule has 0 radical (unpaired) electrons. The lowest BCUT2D eigenvalue weighted by molar-refractivity contribution is 0.132. The van der Waals surface area contributed by atoms with Gasteiger partial charge in [0.25, 0.3) is 0 Å². The fraction of sp³-hybridized carbons (Fsp3) is 0.368. The summed E-state index contributed by atoms with van der Waals surface area (Å²) in [6.07, 6.45) is 4.86. The Kier molecular flexibility index (Phi) is 3.72. The first kappa shape index (κ1) is 14.2. The van der Waals surface area contributed by atoms with Crippen molar-refractivity contribution in [3.8, 4) is 23.2 Å². The summed E-state index contributed by atoms with van der Waals surface area (Å²) in [7, 11) is 0. The monoisotopic (exact) mass is 305 g/mol. The van der Waals surface area contributed by atoms with Gasteiger partial charge in [0.15, 0.2) is 0 Å². The maximum Gasteiger partial charge on any atom is 0.214 e. The maximum absolute atomic E-state index is 9.26. The van der Waals surface area contributed by atoms with E-state index in [9.17, 15) is 5.26 Å². The summed E-state index contributed by atoms with van der Waals surface area (Å²) < 4.78 is 6.14. The molecule has 2 aliphatic heterocycles. The van der Waals surface area contributed by atoms with Gasteiger partial charge < -0.3 is 10.1 Å². The van der Waals surface area contributed by atoms with E-state index < -0.39 is 0 Å². The molecule has 4 nitrogen and oxygen atoms in total. The molecule has 2 aliphatic rings. The van der Waals surface area contributed by atoms with Crippen LogP contribution in [-0.4, -0.2) is 23.2 Å². The van der Waals surface area contributed by atoms with Crippen LogP contribution in [0.1, 0.15) is 31.2 Å². The van der Waals surface area contributed by atoms with Crippen LogP contribution in [0.3, 0.4) is 0 Å². The molecule has 0 spiro atoms. The molecule has 116 valence electrons. The normalized spacial score (nSPS) is 25.8. The highest BCUT2D eigenvalue weighted by Gasteiger charge is 2.34. The zero-order valence-electron chi connectivity index (χ0n) is 12.9. The lowest BCUT2D eigenvalue weighted by Crippen LogP contribution is -2.42. The Morgan fingerprint density at radius 2 is 1.83 bits per heavy atom. The summed E-state index contributed by atoms with van der Waals surface area (Å²) in [4.78, 5) is 4.62. The number of piperidine rings is 1. The van der Waals surface area contributed by atoms with Gasteiger partial charge in [-0.25, -0.2) is 4.98 Å². The molecule has 1 aromatic carbocycles. The Bertz CT molecular complexity index is 740. The molecule has 1 N–H and O–H groups in total. The minimum absolute atomic E-state index is 0.239. The third kappa shape index (κ3) is 2.93. The average Bonchev–Trinajstić information content (AvgIpc) is 2.93. The quantitative estimate of drug-likeness (QED) is 0.945. The molecule has 0 aliphatic carbocycles. The van der Waals surface area contributed by atoms with Crippen LogP contribution < -0.4 is 10.1 Å². The third-order valence-electron chi connectivity index (χ3n) is 4.76. The molecule has 3 atom stereocenters. The first-order valence-corrected chi connectivity index (χ1v) is 8.21. The van der Waals surface area contributed by atoms with Crippen molar-refractivity contribution in [3.05, 3.63) is 48.0 Å². The van der Waals surface area contributed by atoms with E-state index in [0.29, 0.717) is 23.5 Å². The Morgan fingerprint density at radius 3 is 2.61 bits per heavy atom. The summed E-state index contributed by atoms with van der Waals surface area (Å²) >= 11 is 0. The highest BCUT2D eigenvalue weighted by atomic mass is 16.5. The molecule has 2 aromatic rings. The predicted molar refractivity (Wildman–Crippen MR) is 88.0 cm³/mol. The number of pyridine rings is 1. The fourth-order valence-electron chi connectivity index (χ4n) is 3.71. The van der Waals surface area contributed by atoms with Gasteiger partial charge in [0.05, 0.1) is 17.3 Å². The summed E-state index contributed by atoms with van der Waals surface area (Å²) in [5.74, 6) is 0.654. The van der Waals surface area contributed by atoms with Crippen LogP contribution in [0.25, 0.3) is 11.3 Å². The van der Waals surface area contributed by atoms with Crippen molar-refractivity contribution in [1.29, 1.82) is 5.26 Å². The molecule has 1 unspecified atom stereocenters. The molecular weight excluding hydrogens is 286 g/mol. The molecule has 2 fully saturated rings. The van der Waals surface area contributed by atoms with Gasteiger partial charge in [0.1, 0.15) is 6.10 Å². The lowest BCUT2D eigenvalue weighted by Gasteiger charge is -2.29. The van der Waals surface area contributed by atoms with E-state index in [1.807, 2.05) is 42.5 Å². The molecule has 4 heteroatoms. The minimum Gasteiger partial charge on any atom is -0.474 e. The summed E-state index contributed by atoms with van der Waals surface area (Å²) in [6.45, 7) is 0. The number of benzene rings is 1. The topological polar surface area (TPSA) is 57.9 Å². The van der Waals surface area contributed by atoms with Crippen LogP contribution >= 0.6 is 0 Å². The smallest absolute Gasteiger partial charge is 0.214 e. The van der Waals surface area contributed by atoms with Crippen molar-refractivity contribution in [3.63, 3.8) is 0 Å². The van der Waals surface area contributed by atoms with E-state index >= 15 is 0 Å². The lowest BCUT2D eigenvalue weighted by atomic mass is 10.0. The molecule has 0 amide bonds. The second kappa shape index (κ2) is 6.02. The first-order chi connectivity index (χ1) is 11.3. The van der Waals surface area contributed by atoms with Crippen LogP contribution in [0.2, 0.25) is 0 Å². The number of aromatic nitrogens is 1. The number of nitriles is 1. The van der Waals surface area contributed by atoms with Gasteiger partial charge in [-0.1, -0.05) is 24.3 Å². The van der Waals surface area contributed by atoms with Gasteiger partial charge >= 0.3 is 0 Å². The second-order valence-corrected chi connectivity index (χ2v) is 6.37. The Balaban J connectivity index is 1.56. The summed E-state index contributed by atoms with van der Waals surface area (Å²) in [5.41, 5.74) is 2.28. The molecule has 3 heterocycles. The standard InChI is InChI=1S/C19H19N3O/c20-12-13-4-1-2-5-17(13)18-6-3-7-19(22-18)23-16-10-14-8-9-15(11-16)21-14/h1-7,14-16,21H,8-11H2/t14-,15+,16?. The number of fused-ring (bicyclic) bond motifs is 2. The van der Waals surface area contributed by atoms with E-state index in [0.717, 1.165) is 24.1 Å². The molecule has 1 aromatic heterocycles. The highest BCUT2D eigenvalue weighted by Crippen LogP contribution is 2.30. The molecule has 23 heavy (non-hydrogen) atoms. The van der Waals surface area contributed by atoms with E-state index in [-0.39, 0.29) is 6.10 Å². The largest absolute Gasteiger partial charge is 0.474 e. The molecule has 4 rings (SSSR count). The number of hydrogen-bond acceptors (Lipinski definition) is 4. The Morgan fingerprint density at radius 1 is 1.04 bits per heavy atom. The predicted octanol–water partition coefficient (Wildman–Crippen LogP) is 3.28. The van der Waals surface area contributed by atoms with Crippen molar-refractivity contribution in [2.45, 2.75) is 43.9 Å². The van der Waals surface area contributed by atoms with Crippen molar-refractivity contribution >= 4 is 0 Å². The van der Waals surface area contributed by atoms with Crippen LogP contribution in [0.4, 0.5) is 0 Å². The van der Waals surface area contributed by atoms with Crippen molar-refractivity contribution in [1.82, 2.24) is 10.3 Å². The zero-order chi connectivity index (χ0) is 15.6. The van der Waals surface area contributed by atoms with E-state index in [4.69, 9.17) is 4.74 Å². The van der Waals surface area contributed by atoms with Gasteiger partial charge in [-0.15, -0.1) is 0 Å². The van der Waals surface area contributed by atoms with Gasteiger partial charge in [-0.2, -0.15) is 5.26 Å². The van der Waals surface area contributed by atoms with Gasteiger partial charge in [0, 0.05) is 23.7 Å². The van der Waals surface area contributed by atoms with E-state index in [1.165, 1.54) is 12.8 Å². The molecular formula is C19H19N3O. The summed E-state index contributed by atoms with van der Waals surface area (Å²) in [5, 5.41) is 12.9. The fourth-order valence-corrected chi connectivity index (χ4v) is 3.71. The SMILES string of the molecule is N#Cc1ccccc1-c1cccc(OC2C[C@H]3CC[C@@H](C2)N3)n1. The van der Waals surface area contributed by atoms with E-state index in [2.05, 4.69) is 16.4 Å². The number of nitrogens with one attached hydrogen (secondary N) is 1. The highest BCUT2D eigenvalue weighted by molar-refractivity contribution is 5.67. The van der Waals surface area contributed by atoms with Crippen molar-refractivity contribution in [2.75, 3.05) is 0 Å². The Hall–Kier alpha value is -2.38. The third-order valence-corrected chi connectivity index (χ3v) is 4.76.